The average Bonchev–Trinajstić information content (AvgIpc) is 2.68. The van der Waals surface area contributed by atoms with Crippen molar-refractivity contribution in [2.45, 2.75) is 25.2 Å². The molecule has 1 fully saturated rings. The first-order valence-electron chi connectivity index (χ1n) is 6.20. The number of amides is 1. The number of benzene rings is 1. The van der Waals surface area contributed by atoms with Crippen LogP contribution in [0.4, 0.5) is 5.69 Å². The Morgan fingerprint density at radius 2 is 1.86 bits per heavy atom. The maximum Gasteiger partial charge on any atom is 0.308 e. The minimum Gasteiger partial charge on any atom is -0.481 e. The van der Waals surface area contributed by atoms with Crippen molar-refractivity contribution in [1.82, 2.24) is 0 Å². The standard InChI is InChI=1S/C13H14ClNO5S/c1-7-3-10(4-8(2)12(7)21(14,19)20)15-6-9(13(17)18)5-11(15)16/h3-4,9H,5-6H2,1-2H3,(H,17,18). The maximum absolute atomic E-state index is 11.9. The van der Waals surface area contributed by atoms with Crippen molar-refractivity contribution < 1.29 is 23.1 Å². The number of anilines is 1. The zero-order valence-corrected chi connectivity index (χ0v) is 13.0. The van der Waals surface area contributed by atoms with Crippen molar-refractivity contribution in [3.63, 3.8) is 0 Å². The lowest BCUT2D eigenvalue weighted by molar-refractivity contribution is -0.141. The number of nitrogens with zero attached hydrogens (tertiary/aromatic N) is 1. The van der Waals surface area contributed by atoms with E-state index in [1.165, 1.54) is 17.0 Å². The van der Waals surface area contributed by atoms with E-state index in [-0.39, 0.29) is 23.8 Å². The highest BCUT2D eigenvalue weighted by Crippen LogP contribution is 2.32. The molecule has 1 unspecified atom stereocenters. The number of carboxylic acid groups (broad SMARTS) is 1. The number of halogens is 1. The molecule has 2 rings (SSSR count). The van der Waals surface area contributed by atoms with E-state index >= 15 is 0 Å². The van der Waals surface area contributed by atoms with Crippen LogP contribution in [0.15, 0.2) is 17.0 Å². The van der Waals surface area contributed by atoms with Gasteiger partial charge in [0.15, 0.2) is 0 Å². The molecule has 0 aliphatic carbocycles. The molecule has 0 aromatic heterocycles. The number of aryl methyl sites for hydroxylation is 2. The minimum absolute atomic E-state index is 0.0225. The fraction of sp³-hybridized carbons (Fsp3) is 0.385. The molecule has 1 saturated heterocycles. The van der Waals surface area contributed by atoms with Gasteiger partial charge in [-0.3, -0.25) is 9.59 Å². The Morgan fingerprint density at radius 1 is 1.33 bits per heavy atom. The normalized spacial score (nSPS) is 19.1. The van der Waals surface area contributed by atoms with E-state index in [2.05, 4.69) is 0 Å². The Balaban J connectivity index is 2.44. The van der Waals surface area contributed by atoms with Gasteiger partial charge in [0.2, 0.25) is 5.91 Å². The van der Waals surface area contributed by atoms with Gasteiger partial charge in [-0.05, 0) is 37.1 Å². The molecule has 1 aromatic carbocycles. The number of carbonyl (C=O) groups excluding carboxylic acids is 1. The number of aliphatic carboxylic acids is 1. The summed E-state index contributed by atoms with van der Waals surface area (Å²) in [6, 6.07) is 3.06. The molecule has 0 saturated carbocycles. The molecule has 1 N–H and O–H groups in total. The molecule has 1 heterocycles. The molecule has 0 radical (unpaired) electrons. The Kier molecular flexibility index (Phi) is 3.99. The highest BCUT2D eigenvalue weighted by molar-refractivity contribution is 8.13. The van der Waals surface area contributed by atoms with Gasteiger partial charge in [-0.2, -0.15) is 0 Å². The molecule has 1 aliphatic rings. The van der Waals surface area contributed by atoms with E-state index in [0.29, 0.717) is 16.8 Å². The summed E-state index contributed by atoms with van der Waals surface area (Å²) in [4.78, 5) is 24.3. The largest absolute Gasteiger partial charge is 0.481 e. The van der Waals surface area contributed by atoms with Crippen LogP contribution in [0.5, 0.6) is 0 Å². The predicted octanol–water partition coefficient (Wildman–Crippen LogP) is 1.67. The van der Waals surface area contributed by atoms with Gasteiger partial charge in [-0.15, -0.1) is 0 Å². The molecule has 21 heavy (non-hydrogen) atoms. The van der Waals surface area contributed by atoms with E-state index in [1.807, 2.05) is 0 Å². The van der Waals surface area contributed by atoms with Crippen LogP contribution in [0.1, 0.15) is 17.5 Å². The van der Waals surface area contributed by atoms with E-state index < -0.39 is 20.9 Å². The van der Waals surface area contributed by atoms with Crippen LogP contribution < -0.4 is 4.90 Å². The van der Waals surface area contributed by atoms with Gasteiger partial charge in [0.25, 0.3) is 9.05 Å². The van der Waals surface area contributed by atoms with Crippen LogP contribution >= 0.6 is 10.7 Å². The van der Waals surface area contributed by atoms with Crippen LogP contribution in [0.2, 0.25) is 0 Å². The fourth-order valence-corrected chi connectivity index (χ4v) is 4.21. The summed E-state index contributed by atoms with van der Waals surface area (Å²) >= 11 is 0. The third kappa shape index (κ3) is 3.03. The highest BCUT2D eigenvalue weighted by atomic mass is 35.7. The van der Waals surface area contributed by atoms with Gasteiger partial charge in [-0.1, -0.05) is 0 Å². The van der Waals surface area contributed by atoms with Crippen molar-refractivity contribution >= 4 is 37.3 Å². The van der Waals surface area contributed by atoms with Gasteiger partial charge in [0, 0.05) is 29.3 Å². The molecule has 0 bridgehead atoms. The lowest BCUT2D eigenvalue weighted by atomic mass is 10.1. The minimum atomic E-state index is -3.87. The highest BCUT2D eigenvalue weighted by Gasteiger charge is 2.35. The van der Waals surface area contributed by atoms with Crippen LogP contribution in [0.25, 0.3) is 0 Å². The maximum atomic E-state index is 11.9. The first-order chi connectivity index (χ1) is 9.61. The third-order valence-corrected chi connectivity index (χ3v) is 5.07. The number of rotatable bonds is 3. The van der Waals surface area contributed by atoms with Gasteiger partial charge in [-0.25, -0.2) is 8.42 Å². The SMILES string of the molecule is Cc1cc(N2CC(C(=O)O)CC2=O)cc(C)c1S(=O)(=O)Cl. The van der Waals surface area contributed by atoms with Crippen molar-refractivity contribution in [2.24, 2.45) is 5.92 Å². The van der Waals surface area contributed by atoms with Gasteiger partial charge in [0.1, 0.15) is 0 Å². The smallest absolute Gasteiger partial charge is 0.308 e. The number of carbonyl (C=O) groups is 2. The first-order valence-corrected chi connectivity index (χ1v) is 8.51. The molecule has 6 nitrogen and oxygen atoms in total. The predicted molar refractivity (Wildman–Crippen MR) is 77.1 cm³/mol. The van der Waals surface area contributed by atoms with Crippen molar-refractivity contribution in [1.29, 1.82) is 0 Å². The van der Waals surface area contributed by atoms with Crippen molar-refractivity contribution in [3.05, 3.63) is 23.3 Å². The summed E-state index contributed by atoms with van der Waals surface area (Å²) in [7, 11) is 1.52. The second-order valence-corrected chi connectivity index (χ2v) is 7.59. The molecule has 1 aromatic rings. The molecular formula is C13H14ClNO5S. The fourth-order valence-electron chi connectivity index (χ4n) is 2.59. The summed E-state index contributed by atoms with van der Waals surface area (Å²) in [5.74, 6) is -2.04. The zero-order chi connectivity index (χ0) is 15.9. The van der Waals surface area contributed by atoms with E-state index in [0.717, 1.165) is 0 Å². The molecular weight excluding hydrogens is 318 g/mol. The Morgan fingerprint density at radius 3 is 2.24 bits per heavy atom. The number of carboxylic acids is 1. The van der Waals surface area contributed by atoms with Crippen LogP contribution in [0.3, 0.4) is 0 Å². The second-order valence-electron chi connectivity index (χ2n) is 5.09. The van der Waals surface area contributed by atoms with Gasteiger partial charge >= 0.3 is 5.97 Å². The first kappa shape index (κ1) is 15.8. The molecule has 1 aliphatic heterocycles. The van der Waals surface area contributed by atoms with Crippen LogP contribution in [0, 0.1) is 19.8 Å². The lowest BCUT2D eigenvalue weighted by Crippen LogP contribution is -2.26. The third-order valence-electron chi connectivity index (χ3n) is 3.47. The van der Waals surface area contributed by atoms with Gasteiger partial charge in [0.05, 0.1) is 10.8 Å². The molecule has 8 heteroatoms. The topological polar surface area (TPSA) is 91.8 Å². The number of hydrogen-bond donors (Lipinski definition) is 1. The Bertz CT molecular complexity index is 705. The zero-order valence-electron chi connectivity index (χ0n) is 11.5. The quantitative estimate of drug-likeness (QED) is 0.850. The summed E-state index contributed by atoms with van der Waals surface area (Å²) in [5.41, 5.74) is 1.33. The van der Waals surface area contributed by atoms with E-state index in [1.54, 1.807) is 13.8 Å². The summed E-state index contributed by atoms with van der Waals surface area (Å²) in [6.45, 7) is 3.25. The van der Waals surface area contributed by atoms with Crippen LogP contribution in [-0.2, 0) is 18.6 Å². The van der Waals surface area contributed by atoms with Crippen molar-refractivity contribution in [3.8, 4) is 0 Å². The monoisotopic (exact) mass is 331 g/mol. The molecule has 114 valence electrons. The Labute approximate surface area is 126 Å². The van der Waals surface area contributed by atoms with E-state index in [9.17, 15) is 18.0 Å². The Hall–Kier alpha value is -1.60. The average molecular weight is 332 g/mol. The van der Waals surface area contributed by atoms with E-state index in [4.69, 9.17) is 15.8 Å². The number of hydrogen-bond acceptors (Lipinski definition) is 4. The molecule has 1 amide bonds. The van der Waals surface area contributed by atoms with Gasteiger partial charge < -0.3 is 10.0 Å². The van der Waals surface area contributed by atoms with Crippen molar-refractivity contribution in [2.75, 3.05) is 11.4 Å². The summed E-state index contributed by atoms with van der Waals surface area (Å²) < 4.78 is 23.0. The van der Waals surface area contributed by atoms with Crippen LogP contribution in [-0.4, -0.2) is 31.9 Å². The summed E-state index contributed by atoms with van der Waals surface area (Å²) in [6.07, 6.45) is -0.0526. The second kappa shape index (κ2) is 5.31. The summed E-state index contributed by atoms with van der Waals surface area (Å²) in [5, 5.41) is 8.98. The molecule has 1 atom stereocenters. The lowest BCUT2D eigenvalue weighted by Gasteiger charge is -2.19. The molecule has 0 spiro atoms.